The highest BCUT2D eigenvalue weighted by Crippen LogP contribution is 2.37. The van der Waals surface area contributed by atoms with Crippen LogP contribution in [0.2, 0.25) is 4.34 Å². The molecule has 0 aliphatic carbocycles. The molecule has 21 rings (SSSR count). The molecule has 150 heavy (non-hydrogen) atoms. The Morgan fingerprint density at radius 2 is 0.667 bits per heavy atom. The smallest absolute Gasteiger partial charge is 0.323 e. The van der Waals surface area contributed by atoms with Crippen LogP contribution < -0.4 is 86.3 Å². The molecule has 39 nitrogen and oxygen atoms in total. The number of ether oxygens (including phenoxy) is 7. The molecule has 0 saturated carbocycles. The third kappa shape index (κ3) is 21.8. The summed E-state index contributed by atoms with van der Waals surface area (Å²) in [6, 6.07) is 54.6. The molecular formula is C109H89ClN16O23S. The van der Waals surface area contributed by atoms with E-state index in [1.807, 2.05) is 55.5 Å². The number of carbonyl (C=O) groups is 15. The van der Waals surface area contributed by atoms with Crippen LogP contribution in [-0.2, 0) is 69.7 Å². The highest BCUT2D eigenvalue weighted by atomic mass is 35.5. The summed E-state index contributed by atoms with van der Waals surface area (Å²) in [5.41, 5.74) is 3.55. The zero-order valence-electron chi connectivity index (χ0n) is 80.8. The second-order valence-corrected chi connectivity index (χ2v) is 37.0. The summed E-state index contributed by atoms with van der Waals surface area (Å²) in [7, 11) is 7.63. The molecule has 1 aromatic heterocycles. The first-order valence-electron chi connectivity index (χ1n) is 46.3. The number of urea groups is 5. The predicted octanol–water partition coefficient (Wildman–Crippen LogP) is 6.82. The number of hydrogen-bond acceptors (Lipinski definition) is 25. The van der Waals surface area contributed by atoms with E-state index in [2.05, 4.69) is 112 Å². The van der Waals surface area contributed by atoms with Gasteiger partial charge in [0.05, 0.1) is 109 Å². The number of hydrogen-bond donors (Lipinski definition) is 11. The van der Waals surface area contributed by atoms with Gasteiger partial charge in [-0.05, 0) is 191 Å². The zero-order chi connectivity index (χ0) is 106. The molecular weight excluding hydrogens is 1970 g/mol. The van der Waals surface area contributed by atoms with Gasteiger partial charge in [-0.15, -0.1) is 11.3 Å². The lowest BCUT2D eigenvalue weighted by molar-refractivity contribution is -0.123. The second-order valence-electron chi connectivity index (χ2n) is 35.3. The minimum absolute atomic E-state index is 0.0680. The molecule has 756 valence electrons. The van der Waals surface area contributed by atoms with Crippen LogP contribution in [0.1, 0.15) is 130 Å². The lowest BCUT2D eigenvalue weighted by Gasteiger charge is -2.26. The van der Waals surface area contributed by atoms with E-state index in [4.69, 9.17) is 50.0 Å². The quantitative estimate of drug-likeness (QED) is 0.0310. The van der Waals surface area contributed by atoms with E-state index in [0.29, 0.717) is 151 Å². The molecule has 5 fully saturated rings. The van der Waals surface area contributed by atoms with Crippen LogP contribution in [0.5, 0.6) is 40.2 Å². The second kappa shape index (κ2) is 43.0. The Hall–Kier alpha value is -19.1. The van der Waals surface area contributed by atoms with Gasteiger partial charge < -0.3 is 89.3 Å². The van der Waals surface area contributed by atoms with Crippen molar-refractivity contribution < 1.29 is 110 Å². The van der Waals surface area contributed by atoms with Gasteiger partial charge in [-0.25, -0.2) is 24.0 Å². The molecule has 20 amide bonds. The van der Waals surface area contributed by atoms with Crippen LogP contribution in [0.4, 0.5) is 24.0 Å². The fourth-order valence-electron chi connectivity index (χ4n) is 17.8. The van der Waals surface area contributed by atoms with Crippen molar-refractivity contribution in [3.63, 3.8) is 0 Å². The summed E-state index contributed by atoms with van der Waals surface area (Å²) in [6.07, 6.45) is 0.803. The maximum absolute atomic E-state index is 12.9. The van der Waals surface area contributed by atoms with Gasteiger partial charge in [0.2, 0.25) is 27.7 Å². The number of halogens is 1. The van der Waals surface area contributed by atoms with Crippen LogP contribution in [-0.4, -0.2) is 228 Å². The van der Waals surface area contributed by atoms with E-state index in [1.165, 1.54) is 71.4 Å². The van der Waals surface area contributed by atoms with Gasteiger partial charge in [0.1, 0.15) is 40.2 Å². The van der Waals surface area contributed by atoms with E-state index in [9.17, 15) is 77.0 Å². The number of benzene rings is 9. The zero-order valence-corrected chi connectivity index (χ0v) is 82.3. The molecule has 11 aliphatic heterocycles. The Balaban J connectivity index is 0.000000128. The topological polar surface area (TPSA) is 501 Å². The van der Waals surface area contributed by atoms with Gasteiger partial charge in [0.25, 0.3) is 59.1 Å². The Bertz CT molecular complexity index is 7780. The van der Waals surface area contributed by atoms with E-state index in [1.54, 1.807) is 152 Å². The van der Waals surface area contributed by atoms with Crippen LogP contribution in [0, 0.1) is 70.5 Å². The van der Waals surface area contributed by atoms with Crippen molar-refractivity contribution in [3.05, 3.63) is 298 Å². The van der Waals surface area contributed by atoms with Gasteiger partial charge in [-0.1, -0.05) is 119 Å². The maximum atomic E-state index is 12.9. The molecule has 5 saturated heterocycles. The van der Waals surface area contributed by atoms with Crippen molar-refractivity contribution in [1.82, 2.24) is 77.7 Å². The van der Waals surface area contributed by atoms with E-state index in [0.717, 1.165) is 45.6 Å². The first-order chi connectivity index (χ1) is 72.2. The number of methoxy groups -OCH3 is 5. The maximum Gasteiger partial charge on any atom is 0.323 e. The van der Waals surface area contributed by atoms with Crippen molar-refractivity contribution in [2.45, 2.75) is 80.4 Å². The largest absolute Gasteiger partial charge is 0.497 e. The molecule has 5 atom stereocenters. The Labute approximate surface area is 865 Å². The normalized spacial score (nSPS) is 19.9. The number of aliphatic hydroxyl groups excluding tert-OH is 1. The monoisotopic (exact) mass is 2060 g/mol. The van der Waals surface area contributed by atoms with Crippen molar-refractivity contribution in [1.29, 1.82) is 5.26 Å². The number of amides is 20. The summed E-state index contributed by atoms with van der Waals surface area (Å²) in [5.74, 6) is 29.0. The average molecular weight is 2060 g/mol. The number of imide groups is 5. The first-order valence-corrected chi connectivity index (χ1v) is 47.5. The van der Waals surface area contributed by atoms with Crippen molar-refractivity contribution in [2.24, 2.45) is 0 Å². The Morgan fingerprint density at radius 3 is 0.973 bits per heavy atom. The fraction of sp³-hybridized carbons (Fsp3) is 0.229. The highest BCUT2D eigenvalue weighted by Gasteiger charge is 2.54. The fourth-order valence-corrected chi connectivity index (χ4v) is 18.7. The van der Waals surface area contributed by atoms with Crippen molar-refractivity contribution >= 4 is 112 Å². The molecule has 0 spiro atoms. The van der Waals surface area contributed by atoms with Crippen LogP contribution in [0.25, 0.3) is 0 Å². The number of carbonyl (C=O) groups excluding carboxylic acids is 15. The highest BCUT2D eigenvalue weighted by molar-refractivity contribution is 7.16. The summed E-state index contributed by atoms with van der Waals surface area (Å²) in [6.45, 7) is 3.99. The minimum atomic E-state index is -1.58. The Morgan fingerprint density at radius 1 is 0.353 bits per heavy atom. The van der Waals surface area contributed by atoms with Gasteiger partial charge >= 0.3 is 30.2 Å². The van der Waals surface area contributed by atoms with Gasteiger partial charge in [-0.3, -0.25) is 74.5 Å². The number of aliphatic hydroxyl groups is 1. The molecule has 0 bridgehead atoms. The molecule has 0 unspecified atom stereocenters. The van der Waals surface area contributed by atoms with Gasteiger partial charge in [0, 0.05) is 89.2 Å². The van der Waals surface area contributed by atoms with Gasteiger partial charge in [0.15, 0.2) is 0 Å². The summed E-state index contributed by atoms with van der Waals surface area (Å²) < 4.78 is 37.5. The SMILES string of the molecule is CCOc1cccc(C#C[C@]2(CN3Cc4ccc(OC)cc4C3=O)NC(=O)NC2=O)c1.COc1ccc2c(c1)C(=O)N(C[C@@]1(C#Cc3ccc(C#N)cc3)NC(=O)NC1=O)C2.COc1ccc2c(c1)C(=O)N(C[C@@]1(C#Cc3ccc(Cl)s3)NC(=O)NC1=O)C2.COc1ccc2c(c1)C(=O)N(C[C@@]1(C#Cc3ccc4c(c3)CCO4)NC(=O)NC1=O)C2.COc1ccc2c(c1)C(=O)N(C[C@@]1(C#Cc3cccc(CO)c3)NC(=O)NC1=O)C2. The number of fused-ring (bicyclic) bond motifs is 6. The molecule has 12 heterocycles. The number of nitrogens with one attached hydrogen (secondary N) is 10. The Kier molecular flexibility index (Phi) is 29.4. The van der Waals surface area contributed by atoms with Crippen LogP contribution in [0.15, 0.2) is 194 Å². The van der Waals surface area contributed by atoms with Crippen LogP contribution in [0.3, 0.4) is 0 Å². The standard InChI is InChI=1S/C23H19N3O5.C23H21N3O5.C22H16N4O4.C22H19N3O5.C19H14ClN3O4S/c1-30-17-4-3-16-12-26(20(27)18(16)11-17)13-23(21(28)24-22(29)25-23)8-6-14-2-5-19-15(10-14)7-9-31-19;1-3-31-18-6-4-5-15(11-18)9-10-23(21(28)24-22(29)25-23)14-26-13-16-7-8-17(30-2)12-19(16)20(26)27;1-30-17-7-6-16-12-26(19(27)18(16)10-17)13-22(20(28)24-21(29)25-22)9-8-14-2-4-15(11-23)5-3-14;1-30-17-6-5-16-11-25(19(27)18(16)10-17)13-22(20(28)23-21(29)24-22)8-7-14-3-2-4-15(9-14)12-26;1-27-12-3-2-11-9-23(16(24)14(11)8-12)10-19(17(25)21-18(26)22-19)7-6-13-4-5-15(20)28-13/h2-5,10-11H,7,9,12-13H2,1H3,(H2,24,25,28,29);4-8,11-12H,3,13-14H2,1-2H3,(H2,24,25,28,29);2-7,10H,12-13H2,1H3,(H2,24,25,28,29);2-6,9-10,26H,11-13H2,1H3,(H2,23,24,28,29);2-5,8H,9-10H2,1H3,(H2,21,22,25,26)/t2*23-;2*22-;19-/m11111/s1. The molecule has 10 aromatic rings. The number of nitriles is 1. The van der Waals surface area contributed by atoms with Crippen LogP contribution >= 0.6 is 22.9 Å². The average Bonchev–Trinajstić information content (AvgIpc) is 1.63. The van der Waals surface area contributed by atoms with Crippen molar-refractivity contribution in [3.8, 4) is 106 Å². The summed E-state index contributed by atoms with van der Waals surface area (Å²) in [5, 5.41) is 42.2. The lowest BCUT2D eigenvalue weighted by atomic mass is 9.98. The minimum Gasteiger partial charge on any atom is -0.497 e. The molecule has 0 radical (unpaired) electrons. The molecule has 11 N–H and O–H groups in total. The molecule has 11 aliphatic rings. The molecule has 9 aromatic carbocycles. The summed E-state index contributed by atoms with van der Waals surface area (Å²) >= 11 is 7.18. The molecule has 41 heteroatoms. The number of rotatable bonds is 18. The third-order valence-electron chi connectivity index (χ3n) is 25.4. The van der Waals surface area contributed by atoms with Gasteiger partial charge in [-0.2, -0.15) is 5.26 Å². The van der Waals surface area contributed by atoms with E-state index < -0.39 is 87.4 Å². The predicted molar refractivity (Wildman–Crippen MR) is 536 cm³/mol. The summed E-state index contributed by atoms with van der Waals surface area (Å²) in [4.78, 5) is 195. The number of thiophene rings is 1. The first kappa shape index (κ1) is 102. The van der Waals surface area contributed by atoms with E-state index in [-0.39, 0.29) is 68.9 Å². The van der Waals surface area contributed by atoms with Crippen molar-refractivity contribution in [2.75, 3.05) is 81.5 Å². The third-order valence-corrected chi connectivity index (χ3v) is 26.6. The number of nitrogens with zero attached hydrogens (tertiary/aromatic N) is 6. The lowest BCUT2D eigenvalue weighted by Crippen LogP contribution is -2.54. The van der Waals surface area contributed by atoms with E-state index >= 15 is 0 Å².